The Bertz CT molecular complexity index is 562. The minimum Gasteiger partial charge on any atom is -0.390 e. The summed E-state index contributed by atoms with van der Waals surface area (Å²) >= 11 is 0. The molecule has 2 fully saturated rings. The van der Waals surface area contributed by atoms with Crippen LogP contribution < -0.4 is 0 Å². The number of amides is 1. The van der Waals surface area contributed by atoms with Crippen LogP contribution in [-0.4, -0.2) is 46.8 Å². The van der Waals surface area contributed by atoms with E-state index in [-0.39, 0.29) is 11.5 Å². The van der Waals surface area contributed by atoms with Gasteiger partial charge in [-0.3, -0.25) is 4.79 Å². The second kappa shape index (κ2) is 6.25. The number of likely N-dealkylation sites (tertiary alicyclic amines) is 1. The number of carbonyl (C=O) groups excluding carboxylic acids is 1. The fourth-order valence-electron chi connectivity index (χ4n) is 3.40. The average molecular weight is 317 g/mol. The van der Waals surface area contributed by atoms with E-state index in [0.29, 0.717) is 6.42 Å². The van der Waals surface area contributed by atoms with Gasteiger partial charge in [-0.25, -0.2) is 0 Å². The minimum absolute atomic E-state index is 0.0747. The Morgan fingerprint density at radius 1 is 1.30 bits per heavy atom. The van der Waals surface area contributed by atoms with Gasteiger partial charge in [0, 0.05) is 18.7 Å². The molecule has 0 bridgehead atoms. The molecule has 2 saturated heterocycles. The lowest BCUT2D eigenvalue weighted by molar-refractivity contribution is -0.169. The molecule has 2 aliphatic heterocycles. The van der Waals surface area contributed by atoms with Crippen LogP contribution in [0.4, 0.5) is 0 Å². The van der Waals surface area contributed by atoms with Crippen LogP contribution in [0, 0.1) is 0 Å². The fraction of sp³-hybridized carbons (Fsp3) is 0.632. The molecule has 0 radical (unpaired) electrons. The maximum absolute atomic E-state index is 12.7. The van der Waals surface area contributed by atoms with E-state index >= 15 is 0 Å². The molecule has 3 rings (SSSR count). The van der Waals surface area contributed by atoms with Crippen LogP contribution in [0.1, 0.15) is 55.5 Å². The number of aryl methyl sites for hydroxylation is 1. The Hall–Kier alpha value is -1.39. The lowest BCUT2D eigenvalue weighted by Gasteiger charge is -2.47. The van der Waals surface area contributed by atoms with E-state index in [9.17, 15) is 9.90 Å². The highest BCUT2D eigenvalue weighted by Crippen LogP contribution is 2.36. The lowest BCUT2D eigenvalue weighted by atomic mass is 9.84. The van der Waals surface area contributed by atoms with Crippen LogP contribution in [-0.2, 0) is 11.2 Å². The van der Waals surface area contributed by atoms with Crippen molar-refractivity contribution in [2.24, 2.45) is 0 Å². The molecule has 1 N–H and O–H groups in total. The fourth-order valence-corrected chi connectivity index (χ4v) is 3.40. The summed E-state index contributed by atoms with van der Waals surface area (Å²) in [4.78, 5) is 14.7. The van der Waals surface area contributed by atoms with E-state index < -0.39 is 5.60 Å². The van der Waals surface area contributed by atoms with Crippen LogP contribution in [0.5, 0.6) is 0 Å². The third-order valence-electron chi connectivity index (χ3n) is 5.13. The number of piperidine rings is 1. The van der Waals surface area contributed by atoms with E-state index in [0.717, 1.165) is 56.5 Å². The SMILES string of the molecule is CC(C)(O)CCc1cccc(C(=O)N2CCC3(CCO3)CC2)c1. The van der Waals surface area contributed by atoms with Gasteiger partial charge >= 0.3 is 0 Å². The van der Waals surface area contributed by atoms with Crippen molar-refractivity contribution in [2.75, 3.05) is 19.7 Å². The topological polar surface area (TPSA) is 49.8 Å². The van der Waals surface area contributed by atoms with Crippen molar-refractivity contribution in [3.63, 3.8) is 0 Å². The molecule has 0 aliphatic carbocycles. The summed E-state index contributed by atoms with van der Waals surface area (Å²) in [5.41, 5.74) is 1.26. The largest absolute Gasteiger partial charge is 0.390 e. The zero-order chi connectivity index (χ0) is 16.5. The Morgan fingerprint density at radius 2 is 2.00 bits per heavy atom. The van der Waals surface area contributed by atoms with Gasteiger partial charge in [0.25, 0.3) is 5.91 Å². The van der Waals surface area contributed by atoms with Crippen molar-refractivity contribution in [2.45, 2.75) is 57.2 Å². The summed E-state index contributed by atoms with van der Waals surface area (Å²) < 4.78 is 5.71. The summed E-state index contributed by atoms with van der Waals surface area (Å²) in [6, 6.07) is 7.82. The molecular formula is C19H27NO3. The van der Waals surface area contributed by atoms with Gasteiger partial charge in [-0.15, -0.1) is 0 Å². The van der Waals surface area contributed by atoms with Crippen LogP contribution in [0.25, 0.3) is 0 Å². The van der Waals surface area contributed by atoms with Gasteiger partial charge in [0.05, 0.1) is 17.8 Å². The minimum atomic E-state index is -0.677. The highest BCUT2D eigenvalue weighted by Gasteiger charge is 2.41. The molecule has 23 heavy (non-hydrogen) atoms. The number of hydrogen-bond acceptors (Lipinski definition) is 3. The Morgan fingerprint density at radius 3 is 2.57 bits per heavy atom. The Balaban J connectivity index is 1.61. The molecule has 2 heterocycles. The summed E-state index contributed by atoms with van der Waals surface area (Å²) in [6.07, 6.45) is 4.52. The summed E-state index contributed by atoms with van der Waals surface area (Å²) in [5, 5.41) is 9.85. The maximum atomic E-state index is 12.7. The second-order valence-corrected chi connectivity index (χ2v) is 7.59. The molecular weight excluding hydrogens is 290 g/mol. The lowest BCUT2D eigenvalue weighted by Crippen LogP contribution is -2.53. The molecule has 1 spiro atoms. The molecule has 126 valence electrons. The molecule has 1 amide bonds. The first-order valence-corrected chi connectivity index (χ1v) is 8.62. The highest BCUT2D eigenvalue weighted by molar-refractivity contribution is 5.94. The van der Waals surface area contributed by atoms with Gasteiger partial charge in [-0.05, 0) is 63.6 Å². The predicted octanol–water partition coefficient (Wildman–Crippen LogP) is 2.79. The maximum Gasteiger partial charge on any atom is 0.253 e. The molecule has 0 aromatic heterocycles. The Kier molecular flexibility index (Phi) is 4.47. The molecule has 2 aliphatic rings. The summed E-state index contributed by atoms with van der Waals surface area (Å²) in [7, 11) is 0. The highest BCUT2D eigenvalue weighted by atomic mass is 16.5. The first kappa shape index (κ1) is 16.5. The first-order chi connectivity index (χ1) is 10.9. The number of rotatable bonds is 4. The van der Waals surface area contributed by atoms with Gasteiger partial charge in [-0.1, -0.05) is 12.1 Å². The van der Waals surface area contributed by atoms with E-state index in [1.807, 2.05) is 43.0 Å². The molecule has 1 aromatic rings. The van der Waals surface area contributed by atoms with Crippen LogP contribution in [0.2, 0.25) is 0 Å². The van der Waals surface area contributed by atoms with Crippen molar-refractivity contribution in [3.05, 3.63) is 35.4 Å². The van der Waals surface area contributed by atoms with Crippen LogP contribution >= 0.6 is 0 Å². The summed E-state index contributed by atoms with van der Waals surface area (Å²) in [5.74, 6) is 0.115. The van der Waals surface area contributed by atoms with Gasteiger partial charge in [0.2, 0.25) is 0 Å². The van der Waals surface area contributed by atoms with Crippen molar-refractivity contribution in [1.82, 2.24) is 4.90 Å². The van der Waals surface area contributed by atoms with Gasteiger partial charge in [0.15, 0.2) is 0 Å². The number of nitrogens with zero attached hydrogens (tertiary/aromatic N) is 1. The van der Waals surface area contributed by atoms with E-state index in [1.165, 1.54) is 0 Å². The van der Waals surface area contributed by atoms with E-state index in [1.54, 1.807) is 0 Å². The molecule has 1 aromatic carbocycles. The van der Waals surface area contributed by atoms with Crippen molar-refractivity contribution in [1.29, 1.82) is 0 Å². The van der Waals surface area contributed by atoms with E-state index in [2.05, 4.69) is 0 Å². The quantitative estimate of drug-likeness (QED) is 0.929. The monoisotopic (exact) mass is 317 g/mol. The van der Waals surface area contributed by atoms with Crippen molar-refractivity contribution in [3.8, 4) is 0 Å². The molecule has 0 saturated carbocycles. The third-order valence-corrected chi connectivity index (χ3v) is 5.13. The first-order valence-electron chi connectivity index (χ1n) is 8.62. The average Bonchev–Trinajstić information content (AvgIpc) is 2.50. The van der Waals surface area contributed by atoms with Crippen molar-refractivity contribution >= 4 is 5.91 Å². The van der Waals surface area contributed by atoms with Crippen molar-refractivity contribution < 1.29 is 14.6 Å². The molecule has 0 unspecified atom stereocenters. The van der Waals surface area contributed by atoms with Crippen LogP contribution in [0.15, 0.2) is 24.3 Å². The number of ether oxygens (including phenoxy) is 1. The smallest absolute Gasteiger partial charge is 0.253 e. The number of hydrogen-bond donors (Lipinski definition) is 1. The second-order valence-electron chi connectivity index (χ2n) is 7.59. The summed E-state index contributed by atoms with van der Waals surface area (Å²) in [6.45, 7) is 6.07. The van der Waals surface area contributed by atoms with Crippen LogP contribution in [0.3, 0.4) is 0 Å². The molecule has 4 heteroatoms. The number of aliphatic hydroxyl groups is 1. The normalized spacial score (nSPS) is 20.4. The predicted molar refractivity (Wildman–Crippen MR) is 89.5 cm³/mol. The third kappa shape index (κ3) is 3.93. The van der Waals surface area contributed by atoms with Gasteiger partial charge in [-0.2, -0.15) is 0 Å². The van der Waals surface area contributed by atoms with Gasteiger partial charge < -0.3 is 14.7 Å². The van der Waals surface area contributed by atoms with E-state index in [4.69, 9.17) is 4.74 Å². The number of carbonyl (C=O) groups is 1. The standard InChI is InChI=1S/C19H27NO3/c1-18(2,22)7-6-15-4-3-5-16(14-15)17(21)20-11-8-19(9-12-20)10-13-23-19/h3-5,14,22H,6-13H2,1-2H3. The number of benzene rings is 1. The van der Waals surface area contributed by atoms with Gasteiger partial charge in [0.1, 0.15) is 0 Å². The zero-order valence-electron chi connectivity index (χ0n) is 14.2. The molecule has 0 atom stereocenters. The molecule has 4 nitrogen and oxygen atoms in total. The Labute approximate surface area is 138 Å². The zero-order valence-corrected chi connectivity index (χ0v) is 14.2.